The molecule has 1 aliphatic carbocycles. The highest BCUT2D eigenvalue weighted by Gasteiger charge is 2.36. The van der Waals surface area contributed by atoms with E-state index in [4.69, 9.17) is 11.6 Å². The quantitative estimate of drug-likeness (QED) is 0.375. The van der Waals surface area contributed by atoms with Gasteiger partial charge < -0.3 is 4.74 Å². The smallest absolute Gasteiger partial charge is 0.337 e. The number of nitrogens with zero attached hydrogens (tertiary/aromatic N) is 1. The summed E-state index contributed by atoms with van der Waals surface area (Å²) in [5.74, 6) is -1.80. The summed E-state index contributed by atoms with van der Waals surface area (Å²) in [6.45, 7) is 0. The number of ether oxygens (including phenoxy) is 1. The van der Waals surface area contributed by atoms with E-state index >= 15 is 0 Å². The standard InChI is InChI=1S/C17H12ClNO4/c1-23-17(22)9-2-4-12-11(6-9)7-13(16(12)21)15(20)10-3-5-14(18)19-8-10/h2-6,8,13H,7H2,1H3. The number of Topliss-reactive ketones (excluding diaryl/α,β-unsaturated/α-hetero) is 2. The van der Waals surface area contributed by atoms with E-state index < -0.39 is 11.9 Å². The molecule has 0 saturated carbocycles. The number of benzene rings is 1. The number of ketones is 2. The number of methoxy groups -OCH3 is 1. The minimum Gasteiger partial charge on any atom is -0.465 e. The zero-order chi connectivity index (χ0) is 16.6. The highest BCUT2D eigenvalue weighted by atomic mass is 35.5. The lowest BCUT2D eigenvalue weighted by atomic mass is 9.95. The van der Waals surface area contributed by atoms with Gasteiger partial charge in [-0.2, -0.15) is 0 Å². The van der Waals surface area contributed by atoms with E-state index in [1.54, 1.807) is 18.2 Å². The molecule has 1 atom stereocenters. The first kappa shape index (κ1) is 15.4. The Kier molecular flexibility index (Phi) is 3.96. The van der Waals surface area contributed by atoms with E-state index in [0.29, 0.717) is 22.3 Å². The van der Waals surface area contributed by atoms with Crippen molar-refractivity contribution in [2.24, 2.45) is 5.92 Å². The number of hydrogen-bond donors (Lipinski definition) is 0. The molecule has 5 nitrogen and oxygen atoms in total. The third-order valence-corrected chi connectivity index (χ3v) is 4.08. The fourth-order valence-electron chi connectivity index (χ4n) is 2.68. The van der Waals surface area contributed by atoms with Crippen molar-refractivity contribution in [2.45, 2.75) is 6.42 Å². The van der Waals surface area contributed by atoms with Gasteiger partial charge in [0.15, 0.2) is 11.6 Å². The molecule has 3 rings (SSSR count). The molecular weight excluding hydrogens is 318 g/mol. The number of esters is 1. The average Bonchev–Trinajstić information content (AvgIpc) is 2.90. The number of aromatic nitrogens is 1. The van der Waals surface area contributed by atoms with Gasteiger partial charge >= 0.3 is 5.97 Å². The topological polar surface area (TPSA) is 73.3 Å². The fourth-order valence-corrected chi connectivity index (χ4v) is 2.79. The first-order chi connectivity index (χ1) is 11.0. The predicted molar refractivity (Wildman–Crippen MR) is 82.9 cm³/mol. The Balaban J connectivity index is 1.89. The molecule has 1 aromatic heterocycles. The molecule has 1 aliphatic rings. The van der Waals surface area contributed by atoms with Crippen LogP contribution in [0.4, 0.5) is 0 Å². The summed E-state index contributed by atoms with van der Waals surface area (Å²) in [5.41, 5.74) is 1.85. The number of fused-ring (bicyclic) bond motifs is 1. The molecule has 1 aromatic carbocycles. The van der Waals surface area contributed by atoms with E-state index in [-0.39, 0.29) is 23.1 Å². The van der Waals surface area contributed by atoms with Crippen molar-refractivity contribution >= 4 is 29.1 Å². The van der Waals surface area contributed by atoms with Gasteiger partial charge in [0.1, 0.15) is 5.15 Å². The van der Waals surface area contributed by atoms with Crippen molar-refractivity contribution in [2.75, 3.05) is 7.11 Å². The van der Waals surface area contributed by atoms with Crippen LogP contribution >= 0.6 is 11.6 Å². The zero-order valence-corrected chi connectivity index (χ0v) is 13.0. The number of hydrogen-bond acceptors (Lipinski definition) is 5. The zero-order valence-electron chi connectivity index (χ0n) is 12.2. The van der Waals surface area contributed by atoms with Gasteiger partial charge in [-0.25, -0.2) is 9.78 Å². The molecule has 2 aromatic rings. The first-order valence-electron chi connectivity index (χ1n) is 6.92. The second kappa shape index (κ2) is 5.93. The highest BCUT2D eigenvalue weighted by Crippen LogP contribution is 2.30. The predicted octanol–water partition coefficient (Wildman–Crippen LogP) is 2.76. The summed E-state index contributed by atoms with van der Waals surface area (Å²) in [4.78, 5) is 40.4. The van der Waals surface area contributed by atoms with Gasteiger partial charge in [0.05, 0.1) is 18.6 Å². The Morgan fingerprint density at radius 3 is 2.61 bits per heavy atom. The van der Waals surface area contributed by atoms with Crippen LogP contribution in [-0.4, -0.2) is 29.6 Å². The van der Waals surface area contributed by atoms with E-state index in [1.165, 1.54) is 25.4 Å². The summed E-state index contributed by atoms with van der Waals surface area (Å²) in [6.07, 6.45) is 1.63. The van der Waals surface area contributed by atoms with Gasteiger partial charge in [0.25, 0.3) is 0 Å². The maximum atomic E-state index is 12.5. The molecule has 0 spiro atoms. The highest BCUT2D eigenvalue weighted by molar-refractivity contribution is 6.29. The van der Waals surface area contributed by atoms with Crippen LogP contribution < -0.4 is 0 Å². The molecule has 23 heavy (non-hydrogen) atoms. The molecule has 1 heterocycles. The Morgan fingerprint density at radius 2 is 1.96 bits per heavy atom. The molecule has 0 radical (unpaired) electrons. The lowest BCUT2D eigenvalue weighted by Crippen LogP contribution is -2.21. The average molecular weight is 330 g/mol. The Morgan fingerprint density at radius 1 is 1.22 bits per heavy atom. The van der Waals surface area contributed by atoms with Crippen LogP contribution in [-0.2, 0) is 11.2 Å². The second-order valence-electron chi connectivity index (χ2n) is 5.22. The molecule has 0 saturated heterocycles. The number of carbonyl (C=O) groups excluding carboxylic acids is 3. The number of rotatable bonds is 3. The van der Waals surface area contributed by atoms with E-state index in [9.17, 15) is 14.4 Å². The summed E-state index contributed by atoms with van der Waals surface area (Å²) in [6, 6.07) is 7.76. The Hall–Kier alpha value is -2.53. The Bertz CT molecular complexity index is 814. The van der Waals surface area contributed by atoms with Gasteiger partial charge in [-0.15, -0.1) is 0 Å². The third kappa shape index (κ3) is 2.75. The van der Waals surface area contributed by atoms with Gasteiger partial charge in [-0.3, -0.25) is 9.59 Å². The third-order valence-electron chi connectivity index (χ3n) is 3.86. The lowest BCUT2D eigenvalue weighted by Gasteiger charge is -2.06. The molecule has 0 bridgehead atoms. The van der Waals surface area contributed by atoms with Crippen LogP contribution in [0.25, 0.3) is 0 Å². The maximum absolute atomic E-state index is 12.5. The SMILES string of the molecule is COC(=O)c1ccc2c(c1)CC(C(=O)c1ccc(Cl)nc1)C2=O. The van der Waals surface area contributed by atoms with E-state index in [0.717, 1.165) is 0 Å². The number of halogens is 1. The molecule has 0 amide bonds. The van der Waals surface area contributed by atoms with Gasteiger partial charge in [0.2, 0.25) is 0 Å². The van der Waals surface area contributed by atoms with Crippen LogP contribution in [0.1, 0.15) is 36.6 Å². The van der Waals surface area contributed by atoms with Gasteiger partial charge in [-0.05, 0) is 36.2 Å². The van der Waals surface area contributed by atoms with E-state index in [2.05, 4.69) is 9.72 Å². The van der Waals surface area contributed by atoms with Crippen LogP contribution in [0.15, 0.2) is 36.5 Å². The molecule has 6 heteroatoms. The minimum atomic E-state index is -0.791. The van der Waals surface area contributed by atoms with E-state index in [1.807, 2.05) is 0 Å². The summed E-state index contributed by atoms with van der Waals surface area (Å²) < 4.78 is 4.67. The number of carbonyl (C=O) groups is 3. The largest absolute Gasteiger partial charge is 0.465 e. The van der Waals surface area contributed by atoms with Gasteiger partial charge in [-0.1, -0.05) is 17.7 Å². The fraction of sp³-hybridized carbons (Fsp3) is 0.176. The first-order valence-corrected chi connectivity index (χ1v) is 7.30. The van der Waals surface area contributed by atoms with Crippen molar-refractivity contribution in [3.63, 3.8) is 0 Å². The van der Waals surface area contributed by atoms with Crippen molar-refractivity contribution < 1.29 is 19.1 Å². The monoisotopic (exact) mass is 329 g/mol. The molecule has 0 fully saturated rings. The minimum absolute atomic E-state index is 0.239. The van der Waals surface area contributed by atoms with Gasteiger partial charge in [0, 0.05) is 17.3 Å². The van der Waals surface area contributed by atoms with Crippen LogP contribution in [0.3, 0.4) is 0 Å². The van der Waals surface area contributed by atoms with Crippen LogP contribution in [0.2, 0.25) is 5.15 Å². The summed E-state index contributed by atoms with van der Waals surface area (Å²) in [5, 5.41) is 0.283. The van der Waals surface area contributed by atoms with Crippen LogP contribution in [0, 0.1) is 5.92 Å². The normalized spacial score (nSPS) is 16.1. The Labute approximate surface area is 137 Å². The van der Waals surface area contributed by atoms with Crippen molar-refractivity contribution in [3.05, 3.63) is 63.9 Å². The summed E-state index contributed by atoms with van der Waals surface area (Å²) >= 11 is 5.71. The van der Waals surface area contributed by atoms with Crippen LogP contribution in [0.5, 0.6) is 0 Å². The maximum Gasteiger partial charge on any atom is 0.337 e. The molecule has 116 valence electrons. The van der Waals surface area contributed by atoms with Crippen molar-refractivity contribution in [1.29, 1.82) is 0 Å². The molecule has 0 N–H and O–H groups in total. The van der Waals surface area contributed by atoms with Crippen molar-refractivity contribution in [3.8, 4) is 0 Å². The molecule has 0 aliphatic heterocycles. The van der Waals surface area contributed by atoms with Crippen molar-refractivity contribution in [1.82, 2.24) is 4.98 Å². The second-order valence-corrected chi connectivity index (χ2v) is 5.61. The number of pyridine rings is 1. The molecule has 1 unspecified atom stereocenters. The lowest BCUT2D eigenvalue weighted by molar-refractivity contribution is 0.0600. The summed E-state index contributed by atoms with van der Waals surface area (Å²) in [7, 11) is 1.29. The molecular formula is C17H12ClNO4.